The lowest BCUT2D eigenvalue weighted by atomic mass is 10.1. The second-order valence-electron chi connectivity index (χ2n) is 5.87. The molecule has 1 aliphatic rings. The second kappa shape index (κ2) is 11.6. The fraction of sp³-hybridized carbons (Fsp3) is 0.750. The van der Waals surface area contributed by atoms with Crippen LogP contribution in [0.1, 0.15) is 26.2 Å². The lowest BCUT2D eigenvalue weighted by Gasteiger charge is -2.32. The summed E-state index contributed by atoms with van der Waals surface area (Å²) in [5.41, 5.74) is 0. The van der Waals surface area contributed by atoms with Crippen molar-refractivity contribution in [1.29, 1.82) is 0 Å². The summed E-state index contributed by atoms with van der Waals surface area (Å²) in [6.07, 6.45) is 2.32. The van der Waals surface area contributed by atoms with Crippen LogP contribution in [0, 0.1) is 0 Å². The van der Waals surface area contributed by atoms with E-state index >= 15 is 0 Å². The molecule has 1 aliphatic heterocycles. The third-order valence-corrected chi connectivity index (χ3v) is 5.93. The van der Waals surface area contributed by atoms with Crippen molar-refractivity contribution < 1.29 is 8.78 Å². The highest BCUT2D eigenvalue weighted by atomic mass is 32.2. The molecule has 142 valence electrons. The second-order valence-corrected chi connectivity index (χ2v) is 8.11. The quantitative estimate of drug-likeness (QED) is 0.293. The molecule has 9 heteroatoms. The Morgan fingerprint density at radius 2 is 2.28 bits per heavy atom. The van der Waals surface area contributed by atoms with Gasteiger partial charge in [0.1, 0.15) is 4.34 Å². The number of halogens is 2. The molecule has 1 fully saturated rings. The lowest BCUT2D eigenvalue weighted by molar-refractivity contribution is 0.0744. The van der Waals surface area contributed by atoms with E-state index in [-0.39, 0.29) is 6.54 Å². The summed E-state index contributed by atoms with van der Waals surface area (Å²) in [5.74, 6) is 1.83. The van der Waals surface area contributed by atoms with Gasteiger partial charge >= 0.3 is 0 Å². The molecule has 0 aromatic carbocycles. The predicted molar refractivity (Wildman–Crippen MR) is 102 cm³/mol. The van der Waals surface area contributed by atoms with Crippen molar-refractivity contribution in [2.75, 3.05) is 38.5 Å². The molecule has 0 aliphatic carbocycles. The monoisotopic (exact) mass is 391 g/mol. The summed E-state index contributed by atoms with van der Waals surface area (Å²) < 4.78 is 26.0. The number of piperidine rings is 1. The normalized spacial score (nSPS) is 17.2. The molecule has 0 bridgehead atoms. The average Bonchev–Trinajstić information content (AvgIpc) is 3.09. The maximum Gasteiger partial charge on any atom is 0.251 e. The van der Waals surface area contributed by atoms with Gasteiger partial charge in [0.05, 0.1) is 6.54 Å². The van der Waals surface area contributed by atoms with E-state index in [4.69, 9.17) is 0 Å². The standard InChI is InChI=1S/C16H27F2N5S2/c1-2-19-15(20-6-3-10-24-16-21-7-11-25-16)22-13-4-8-23(9-5-13)12-14(17)18/h7,11,13-14H,2-6,8-10,12H2,1H3,(H2,19,20,22). The summed E-state index contributed by atoms with van der Waals surface area (Å²) in [6.45, 7) is 4.93. The number of thioether (sulfide) groups is 1. The van der Waals surface area contributed by atoms with Crippen molar-refractivity contribution in [1.82, 2.24) is 20.5 Å². The highest BCUT2D eigenvalue weighted by molar-refractivity contribution is 8.00. The van der Waals surface area contributed by atoms with Crippen LogP contribution in [-0.2, 0) is 0 Å². The van der Waals surface area contributed by atoms with Crippen molar-refractivity contribution in [3.05, 3.63) is 11.6 Å². The minimum atomic E-state index is -2.24. The molecule has 25 heavy (non-hydrogen) atoms. The van der Waals surface area contributed by atoms with Crippen molar-refractivity contribution in [3.63, 3.8) is 0 Å². The molecule has 0 amide bonds. The molecule has 0 spiro atoms. The summed E-state index contributed by atoms with van der Waals surface area (Å²) in [5, 5.41) is 8.70. The zero-order valence-electron chi connectivity index (χ0n) is 14.6. The average molecular weight is 392 g/mol. The molecule has 0 atom stereocenters. The summed E-state index contributed by atoms with van der Waals surface area (Å²) in [6, 6.07) is 0.302. The van der Waals surface area contributed by atoms with Gasteiger partial charge in [0.25, 0.3) is 6.43 Å². The highest BCUT2D eigenvalue weighted by Gasteiger charge is 2.21. The van der Waals surface area contributed by atoms with Gasteiger partial charge in [-0.05, 0) is 26.2 Å². The van der Waals surface area contributed by atoms with Crippen LogP contribution < -0.4 is 10.6 Å². The van der Waals surface area contributed by atoms with Gasteiger partial charge in [-0.25, -0.2) is 13.8 Å². The van der Waals surface area contributed by atoms with E-state index < -0.39 is 6.43 Å². The van der Waals surface area contributed by atoms with Gasteiger partial charge in [-0.2, -0.15) is 0 Å². The number of aromatic nitrogens is 1. The van der Waals surface area contributed by atoms with E-state index in [0.717, 1.165) is 48.4 Å². The molecule has 1 aromatic rings. The molecule has 0 unspecified atom stereocenters. The van der Waals surface area contributed by atoms with Crippen LogP contribution in [0.25, 0.3) is 0 Å². The van der Waals surface area contributed by atoms with Gasteiger partial charge in [0.15, 0.2) is 5.96 Å². The molecular weight excluding hydrogens is 364 g/mol. The topological polar surface area (TPSA) is 52.6 Å². The minimum Gasteiger partial charge on any atom is -0.357 e. The number of aliphatic imine (C=N–C) groups is 1. The van der Waals surface area contributed by atoms with Gasteiger partial charge in [0, 0.05) is 49.6 Å². The number of likely N-dealkylation sites (tertiary alicyclic amines) is 1. The van der Waals surface area contributed by atoms with Crippen LogP contribution in [0.2, 0.25) is 0 Å². The van der Waals surface area contributed by atoms with Crippen molar-refractivity contribution in [2.45, 2.75) is 43.0 Å². The molecule has 1 aromatic heterocycles. The Bertz CT molecular complexity index is 491. The molecule has 0 radical (unpaired) electrons. The first kappa shape index (κ1) is 20.4. The minimum absolute atomic E-state index is 0.113. The van der Waals surface area contributed by atoms with Gasteiger partial charge < -0.3 is 10.6 Å². The third-order valence-electron chi connectivity index (χ3n) is 3.88. The van der Waals surface area contributed by atoms with E-state index in [9.17, 15) is 8.78 Å². The first-order valence-electron chi connectivity index (χ1n) is 8.75. The molecule has 2 heterocycles. The van der Waals surface area contributed by atoms with Crippen LogP contribution in [-0.4, -0.2) is 66.8 Å². The number of guanidine groups is 1. The number of nitrogens with zero attached hydrogens (tertiary/aromatic N) is 3. The van der Waals surface area contributed by atoms with Crippen molar-refractivity contribution in [2.24, 2.45) is 4.99 Å². The van der Waals surface area contributed by atoms with Crippen LogP contribution in [0.4, 0.5) is 8.78 Å². The van der Waals surface area contributed by atoms with Crippen molar-refractivity contribution in [3.8, 4) is 0 Å². The first-order valence-corrected chi connectivity index (χ1v) is 10.6. The summed E-state index contributed by atoms with van der Waals surface area (Å²) in [7, 11) is 0. The van der Waals surface area contributed by atoms with Gasteiger partial charge in [-0.3, -0.25) is 9.89 Å². The number of rotatable bonds is 9. The largest absolute Gasteiger partial charge is 0.357 e. The van der Waals surface area contributed by atoms with Crippen molar-refractivity contribution >= 4 is 29.1 Å². The summed E-state index contributed by atoms with van der Waals surface area (Å²) in [4.78, 5) is 10.7. The molecular formula is C16H27F2N5S2. The highest BCUT2D eigenvalue weighted by Crippen LogP contribution is 2.20. The SMILES string of the molecule is CCNC(=NCCCSc1nccs1)NC1CCN(CC(F)F)CC1. The smallest absolute Gasteiger partial charge is 0.251 e. The number of alkyl halides is 2. The van der Waals surface area contributed by atoms with E-state index in [1.54, 1.807) is 23.1 Å². The maximum atomic E-state index is 12.4. The molecule has 5 nitrogen and oxygen atoms in total. The number of thiazole rings is 1. The summed E-state index contributed by atoms with van der Waals surface area (Å²) >= 11 is 3.43. The van der Waals surface area contributed by atoms with Crippen LogP contribution in [0.5, 0.6) is 0 Å². The molecule has 2 N–H and O–H groups in total. The zero-order valence-corrected chi connectivity index (χ0v) is 16.2. The predicted octanol–water partition coefficient (Wildman–Crippen LogP) is 2.91. The molecule has 1 saturated heterocycles. The lowest BCUT2D eigenvalue weighted by Crippen LogP contribution is -2.49. The number of hydrogen-bond donors (Lipinski definition) is 2. The zero-order chi connectivity index (χ0) is 17.9. The van der Waals surface area contributed by atoms with E-state index in [1.165, 1.54) is 0 Å². The Morgan fingerprint density at radius 1 is 1.48 bits per heavy atom. The number of hydrogen-bond acceptors (Lipinski definition) is 5. The maximum absolute atomic E-state index is 12.4. The van der Waals surface area contributed by atoms with Crippen LogP contribution >= 0.6 is 23.1 Å². The Morgan fingerprint density at radius 3 is 2.92 bits per heavy atom. The van der Waals surface area contributed by atoms with Crippen LogP contribution in [0.3, 0.4) is 0 Å². The van der Waals surface area contributed by atoms with E-state index in [0.29, 0.717) is 19.1 Å². The molecule has 0 saturated carbocycles. The Labute approximate surface area is 156 Å². The van der Waals surface area contributed by atoms with E-state index in [1.807, 2.05) is 23.4 Å². The van der Waals surface area contributed by atoms with Gasteiger partial charge in [-0.1, -0.05) is 11.8 Å². The molecule has 2 rings (SSSR count). The Hall–Kier alpha value is -0.930. The Balaban J connectivity index is 1.67. The van der Waals surface area contributed by atoms with E-state index in [2.05, 4.69) is 20.6 Å². The fourth-order valence-corrected chi connectivity index (χ4v) is 4.30. The first-order chi connectivity index (χ1) is 12.2. The van der Waals surface area contributed by atoms with Gasteiger partial charge in [0.2, 0.25) is 0 Å². The van der Waals surface area contributed by atoms with Crippen LogP contribution in [0.15, 0.2) is 20.9 Å². The third kappa shape index (κ3) is 8.33. The number of nitrogens with one attached hydrogen (secondary N) is 2. The Kier molecular flexibility index (Phi) is 9.49. The van der Waals surface area contributed by atoms with Gasteiger partial charge in [-0.15, -0.1) is 11.3 Å². The fourth-order valence-electron chi connectivity index (χ4n) is 2.66.